The zero-order valence-corrected chi connectivity index (χ0v) is 16.3. The molecule has 142 valence electrons. The van der Waals surface area contributed by atoms with Gasteiger partial charge in [0, 0.05) is 37.9 Å². The molecule has 0 aromatic heterocycles. The largest absolute Gasteiger partial charge is 0.375 e. The van der Waals surface area contributed by atoms with Crippen LogP contribution in [0.1, 0.15) is 50.5 Å². The van der Waals surface area contributed by atoms with E-state index in [4.69, 9.17) is 10.00 Å². The van der Waals surface area contributed by atoms with E-state index in [0.29, 0.717) is 12.2 Å². The number of nitriles is 1. The number of piperidine rings is 2. The first-order chi connectivity index (χ1) is 12.3. The smallest absolute Gasteiger partial charge is 0.0991 e. The van der Waals surface area contributed by atoms with Gasteiger partial charge in [-0.05, 0) is 62.8 Å². The molecule has 0 unspecified atom stereocenters. The molecule has 4 nitrogen and oxygen atoms in total. The van der Waals surface area contributed by atoms with Crippen LogP contribution in [0.5, 0.6) is 0 Å². The summed E-state index contributed by atoms with van der Waals surface area (Å²) in [6, 6.07) is 11.0. The molecule has 26 heavy (non-hydrogen) atoms. The lowest BCUT2D eigenvalue weighted by Gasteiger charge is -2.43. The monoisotopic (exact) mass is 375 g/mol. The fourth-order valence-corrected chi connectivity index (χ4v) is 4.40. The van der Waals surface area contributed by atoms with E-state index >= 15 is 0 Å². The molecule has 0 spiro atoms. The highest BCUT2D eigenvalue weighted by Gasteiger charge is 2.30. The van der Waals surface area contributed by atoms with Crippen molar-refractivity contribution in [3.05, 3.63) is 29.8 Å². The van der Waals surface area contributed by atoms with Gasteiger partial charge < -0.3 is 14.5 Å². The fourth-order valence-electron chi connectivity index (χ4n) is 4.40. The quantitative estimate of drug-likeness (QED) is 0.797. The summed E-state index contributed by atoms with van der Waals surface area (Å²) in [5, 5.41) is 8.91. The van der Waals surface area contributed by atoms with E-state index < -0.39 is 0 Å². The summed E-state index contributed by atoms with van der Waals surface area (Å²) >= 11 is 0. The highest BCUT2D eigenvalue weighted by Crippen LogP contribution is 2.29. The van der Waals surface area contributed by atoms with Crippen molar-refractivity contribution >= 4 is 18.1 Å². The number of likely N-dealkylation sites (tertiary alicyclic amines) is 1. The zero-order chi connectivity index (χ0) is 17.1. The third-order valence-corrected chi connectivity index (χ3v) is 6.26. The Morgan fingerprint density at radius 1 is 0.846 bits per heavy atom. The standard InChI is InChI=1S/C21H29N3O.ClH/c22-16-17-4-6-19(7-5-17)24-14-10-21(11-15-24)25-20-8-12-23(13-9-20)18-2-1-3-18;/h4-7,18,20-21H,1-3,8-15H2;1H. The number of benzene rings is 1. The molecule has 5 heteroatoms. The molecule has 1 saturated carbocycles. The molecule has 0 bridgehead atoms. The Morgan fingerprint density at radius 3 is 1.92 bits per heavy atom. The number of rotatable bonds is 4. The summed E-state index contributed by atoms with van der Waals surface area (Å²) in [7, 11) is 0. The number of anilines is 1. The van der Waals surface area contributed by atoms with E-state index in [1.54, 1.807) is 0 Å². The Hall–Kier alpha value is -1.28. The summed E-state index contributed by atoms with van der Waals surface area (Å²) in [5.74, 6) is 0. The minimum atomic E-state index is 0. The minimum absolute atomic E-state index is 0. The first-order valence-electron chi connectivity index (χ1n) is 9.96. The van der Waals surface area contributed by atoms with Gasteiger partial charge in [0.1, 0.15) is 0 Å². The van der Waals surface area contributed by atoms with Crippen LogP contribution in [-0.4, -0.2) is 49.3 Å². The molecule has 0 amide bonds. The molecule has 2 saturated heterocycles. The van der Waals surface area contributed by atoms with Crippen LogP contribution in [-0.2, 0) is 4.74 Å². The molecule has 2 heterocycles. The molecular formula is C21H30ClN3O. The first kappa shape index (κ1) is 19.5. The van der Waals surface area contributed by atoms with Gasteiger partial charge in [-0.1, -0.05) is 6.42 Å². The summed E-state index contributed by atoms with van der Waals surface area (Å²) in [6.07, 6.45) is 9.82. The number of ether oxygens (including phenoxy) is 1. The molecular weight excluding hydrogens is 346 g/mol. The van der Waals surface area contributed by atoms with Crippen LogP contribution in [0.25, 0.3) is 0 Å². The lowest BCUT2D eigenvalue weighted by molar-refractivity contribution is -0.0598. The van der Waals surface area contributed by atoms with Crippen molar-refractivity contribution in [2.75, 3.05) is 31.1 Å². The number of nitrogens with zero attached hydrogens (tertiary/aromatic N) is 3. The summed E-state index contributed by atoms with van der Waals surface area (Å²) in [5.41, 5.74) is 1.96. The molecule has 1 aromatic rings. The van der Waals surface area contributed by atoms with Crippen LogP contribution in [0.2, 0.25) is 0 Å². The van der Waals surface area contributed by atoms with Crippen molar-refractivity contribution < 1.29 is 4.74 Å². The van der Waals surface area contributed by atoms with Crippen molar-refractivity contribution in [3.8, 4) is 6.07 Å². The van der Waals surface area contributed by atoms with E-state index in [0.717, 1.165) is 37.5 Å². The SMILES string of the molecule is Cl.N#Cc1ccc(N2CCC(OC3CCN(C4CCC4)CC3)CC2)cc1. The molecule has 4 rings (SSSR count). The van der Waals surface area contributed by atoms with Gasteiger partial charge in [-0.15, -0.1) is 12.4 Å². The average molecular weight is 376 g/mol. The highest BCUT2D eigenvalue weighted by molar-refractivity contribution is 5.85. The molecule has 3 fully saturated rings. The van der Waals surface area contributed by atoms with Crippen molar-refractivity contribution in [1.29, 1.82) is 5.26 Å². The first-order valence-corrected chi connectivity index (χ1v) is 9.96. The molecule has 1 aromatic carbocycles. The molecule has 0 N–H and O–H groups in total. The van der Waals surface area contributed by atoms with E-state index in [1.807, 2.05) is 12.1 Å². The Labute approximate surface area is 163 Å². The molecule has 0 radical (unpaired) electrons. The van der Waals surface area contributed by atoms with Crippen LogP contribution in [0, 0.1) is 11.3 Å². The van der Waals surface area contributed by atoms with Gasteiger partial charge in [0.15, 0.2) is 0 Å². The van der Waals surface area contributed by atoms with Gasteiger partial charge in [0.05, 0.1) is 23.8 Å². The minimum Gasteiger partial charge on any atom is -0.375 e. The second kappa shape index (κ2) is 9.08. The van der Waals surface area contributed by atoms with E-state index in [9.17, 15) is 0 Å². The van der Waals surface area contributed by atoms with Gasteiger partial charge in [0.25, 0.3) is 0 Å². The molecule has 2 aliphatic heterocycles. The molecule has 0 atom stereocenters. The van der Waals surface area contributed by atoms with Gasteiger partial charge >= 0.3 is 0 Å². The van der Waals surface area contributed by atoms with Gasteiger partial charge in [-0.2, -0.15) is 5.26 Å². The van der Waals surface area contributed by atoms with Crippen molar-refractivity contribution in [3.63, 3.8) is 0 Å². The fraction of sp³-hybridized carbons (Fsp3) is 0.667. The third-order valence-electron chi connectivity index (χ3n) is 6.26. The van der Waals surface area contributed by atoms with Crippen molar-refractivity contribution in [2.45, 2.75) is 63.2 Å². The van der Waals surface area contributed by atoms with Crippen molar-refractivity contribution in [2.24, 2.45) is 0 Å². The summed E-state index contributed by atoms with van der Waals surface area (Å²) in [4.78, 5) is 5.11. The molecule has 1 aliphatic carbocycles. The second-order valence-corrected chi connectivity index (χ2v) is 7.80. The van der Waals surface area contributed by atoms with Crippen LogP contribution < -0.4 is 4.90 Å². The topological polar surface area (TPSA) is 39.5 Å². The Morgan fingerprint density at radius 2 is 1.42 bits per heavy atom. The predicted molar refractivity (Wildman–Crippen MR) is 107 cm³/mol. The summed E-state index contributed by atoms with van der Waals surface area (Å²) < 4.78 is 6.44. The van der Waals surface area contributed by atoms with Gasteiger partial charge in [-0.25, -0.2) is 0 Å². The second-order valence-electron chi connectivity index (χ2n) is 7.80. The highest BCUT2D eigenvalue weighted by atomic mass is 35.5. The zero-order valence-electron chi connectivity index (χ0n) is 15.5. The lowest BCUT2D eigenvalue weighted by atomic mass is 9.89. The van der Waals surface area contributed by atoms with Crippen LogP contribution in [0.4, 0.5) is 5.69 Å². The maximum absolute atomic E-state index is 8.91. The third kappa shape index (κ3) is 4.52. The predicted octanol–water partition coefficient (Wildman–Crippen LogP) is 3.98. The summed E-state index contributed by atoms with van der Waals surface area (Å²) in [6.45, 7) is 4.58. The maximum atomic E-state index is 8.91. The van der Waals surface area contributed by atoms with E-state index in [1.165, 1.54) is 50.9 Å². The Kier molecular flexibility index (Phi) is 6.80. The number of hydrogen-bond donors (Lipinski definition) is 0. The van der Waals surface area contributed by atoms with E-state index in [2.05, 4.69) is 28.0 Å². The average Bonchev–Trinajstić information content (AvgIpc) is 2.63. The van der Waals surface area contributed by atoms with E-state index in [-0.39, 0.29) is 12.4 Å². The maximum Gasteiger partial charge on any atom is 0.0991 e. The van der Waals surface area contributed by atoms with Crippen LogP contribution in [0.3, 0.4) is 0 Å². The number of halogens is 1. The molecule has 3 aliphatic rings. The Bertz CT molecular complexity index is 595. The number of hydrogen-bond acceptors (Lipinski definition) is 4. The van der Waals surface area contributed by atoms with Crippen molar-refractivity contribution in [1.82, 2.24) is 4.90 Å². The van der Waals surface area contributed by atoms with Crippen LogP contribution in [0.15, 0.2) is 24.3 Å². The lowest BCUT2D eigenvalue weighted by Crippen LogP contribution is -2.47. The Balaban J connectivity index is 0.00000196. The van der Waals surface area contributed by atoms with Crippen LogP contribution >= 0.6 is 12.4 Å². The van der Waals surface area contributed by atoms with Gasteiger partial charge in [-0.3, -0.25) is 0 Å². The van der Waals surface area contributed by atoms with Gasteiger partial charge in [0.2, 0.25) is 0 Å². The normalized spacial score (nSPS) is 23.1.